The van der Waals surface area contributed by atoms with Crippen molar-refractivity contribution in [3.8, 4) is 0 Å². The number of nitrogens with zero attached hydrogens (tertiary/aromatic N) is 2. The minimum Gasteiger partial charge on any atom is -0.355 e. The molecule has 0 amide bonds. The lowest BCUT2D eigenvalue weighted by atomic mass is 10.2. The Bertz CT molecular complexity index is 937. The van der Waals surface area contributed by atoms with Gasteiger partial charge in [0.1, 0.15) is 0 Å². The van der Waals surface area contributed by atoms with E-state index in [9.17, 15) is 8.42 Å². The first-order valence-corrected chi connectivity index (χ1v) is 10.8. The highest BCUT2D eigenvalue weighted by molar-refractivity contribution is 14.0. The van der Waals surface area contributed by atoms with Gasteiger partial charge in [-0.05, 0) is 35.7 Å². The van der Waals surface area contributed by atoms with Gasteiger partial charge in [-0.25, -0.2) is 8.42 Å². The summed E-state index contributed by atoms with van der Waals surface area (Å²) in [5.41, 5.74) is 2.89. The highest BCUT2D eigenvalue weighted by atomic mass is 127. The molecule has 0 atom stereocenters. The van der Waals surface area contributed by atoms with E-state index in [-0.39, 0.29) is 36.3 Å². The molecule has 2 aromatic rings. The van der Waals surface area contributed by atoms with Crippen molar-refractivity contribution >= 4 is 57.2 Å². The quantitative estimate of drug-likeness (QED) is 0.340. The number of sulfonamides is 1. The summed E-state index contributed by atoms with van der Waals surface area (Å²) in [6.45, 7) is 1.33. The van der Waals surface area contributed by atoms with E-state index < -0.39 is 10.0 Å². The molecular formula is C19H24ClIN4O2S. The zero-order valence-electron chi connectivity index (χ0n) is 15.6. The number of hydrogen-bond donors (Lipinski definition) is 2. The number of para-hydroxylation sites is 1. The Kier molecular flexibility index (Phi) is 8.38. The minimum atomic E-state index is -3.38. The van der Waals surface area contributed by atoms with Crippen LogP contribution < -0.4 is 14.9 Å². The Hall–Kier alpha value is -1.52. The van der Waals surface area contributed by atoms with Crippen molar-refractivity contribution in [2.75, 3.05) is 30.2 Å². The summed E-state index contributed by atoms with van der Waals surface area (Å²) in [5.74, 6) is 0.547. The normalized spacial score (nSPS) is 13.6. The molecule has 0 spiro atoms. The first-order chi connectivity index (χ1) is 13.0. The highest BCUT2D eigenvalue weighted by Gasteiger charge is 2.28. The number of fused-ring (bicyclic) bond motifs is 1. The minimum absolute atomic E-state index is 0. The summed E-state index contributed by atoms with van der Waals surface area (Å²) < 4.78 is 26.9. The molecular weight excluding hydrogens is 511 g/mol. The van der Waals surface area contributed by atoms with Crippen LogP contribution in [0.4, 0.5) is 5.69 Å². The molecule has 6 nitrogen and oxygen atoms in total. The topological polar surface area (TPSA) is 73.8 Å². The van der Waals surface area contributed by atoms with Gasteiger partial charge in [0.15, 0.2) is 5.96 Å². The summed E-state index contributed by atoms with van der Waals surface area (Å²) in [7, 11) is -1.73. The van der Waals surface area contributed by atoms with Crippen LogP contribution in [0.15, 0.2) is 53.5 Å². The van der Waals surface area contributed by atoms with E-state index in [1.807, 2.05) is 48.5 Å². The molecule has 0 saturated heterocycles. The lowest BCUT2D eigenvalue weighted by Gasteiger charge is -2.20. The second-order valence-corrected chi connectivity index (χ2v) is 8.70. The maximum Gasteiger partial charge on any atom is 0.236 e. The van der Waals surface area contributed by atoms with Gasteiger partial charge in [-0.2, -0.15) is 0 Å². The van der Waals surface area contributed by atoms with Crippen molar-refractivity contribution in [2.45, 2.75) is 13.0 Å². The molecule has 0 unspecified atom stereocenters. The molecule has 152 valence electrons. The van der Waals surface area contributed by atoms with Gasteiger partial charge in [0.25, 0.3) is 0 Å². The van der Waals surface area contributed by atoms with Gasteiger partial charge >= 0.3 is 0 Å². The Labute approximate surface area is 188 Å². The van der Waals surface area contributed by atoms with Crippen LogP contribution in [-0.4, -0.2) is 40.3 Å². The number of benzene rings is 2. The van der Waals surface area contributed by atoms with Crippen LogP contribution in [0.3, 0.4) is 0 Å². The van der Waals surface area contributed by atoms with Gasteiger partial charge < -0.3 is 10.6 Å². The number of hydrogen-bond acceptors (Lipinski definition) is 3. The third-order valence-corrected chi connectivity index (χ3v) is 6.41. The molecule has 2 aromatic carbocycles. The molecule has 9 heteroatoms. The van der Waals surface area contributed by atoms with Gasteiger partial charge in [0.2, 0.25) is 10.0 Å². The van der Waals surface area contributed by atoms with E-state index >= 15 is 0 Å². The van der Waals surface area contributed by atoms with E-state index in [0.717, 1.165) is 23.2 Å². The van der Waals surface area contributed by atoms with Gasteiger partial charge in [-0.15, -0.1) is 24.0 Å². The van der Waals surface area contributed by atoms with Crippen molar-refractivity contribution < 1.29 is 8.42 Å². The standard InChI is InChI=1S/C19H23ClN4O2S.HI/c1-21-19(23-14-15-5-4-7-17(20)13-15)22-10-12-27(25,26)24-11-9-16-6-2-3-8-18(16)24;/h2-8,13H,9-12,14H2,1H3,(H2,21,22,23);1H. The number of rotatable bonds is 6. The average Bonchev–Trinajstić information content (AvgIpc) is 3.09. The van der Waals surface area contributed by atoms with Crippen molar-refractivity contribution in [1.29, 1.82) is 0 Å². The molecule has 0 bridgehead atoms. The molecule has 0 fully saturated rings. The molecule has 3 rings (SSSR count). The van der Waals surface area contributed by atoms with E-state index in [2.05, 4.69) is 15.6 Å². The zero-order chi connectivity index (χ0) is 19.3. The molecule has 1 aliphatic rings. The number of anilines is 1. The fourth-order valence-electron chi connectivity index (χ4n) is 3.06. The van der Waals surface area contributed by atoms with Crippen LogP contribution >= 0.6 is 35.6 Å². The van der Waals surface area contributed by atoms with Gasteiger partial charge in [-0.3, -0.25) is 9.30 Å². The van der Waals surface area contributed by atoms with E-state index in [0.29, 0.717) is 24.1 Å². The first-order valence-electron chi connectivity index (χ1n) is 8.77. The van der Waals surface area contributed by atoms with Gasteiger partial charge in [0.05, 0.1) is 11.4 Å². The third-order valence-electron chi connectivity index (χ3n) is 4.41. The maximum atomic E-state index is 12.7. The Morgan fingerprint density at radius 2 is 1.96 bits per heavy atom. The van der Waals surface area contributed by atoms with E-state index in [1.165, 1.54) is 4.31 Å². The third kappa shape index (κ3) is 5.74. The molecule has 0 radical (unpaired) electrons. The molecule has 1 heterocycles. The van der Waals surface area contributed by atoms with E-state index in [1.54, 1.807) is 7.05 Å². The molecule has 1 aliphatic heterocycles. The SMILES string of the molecule is CN=C(NCCS(=O)(=O)N1CCc2ccccc21)NCc1cccc(Cl)c1.I. The van der Waals surface area contributed by atoms with Crippen molar-refractivity contribution in [3.05, 3.63) is 64.7 Å². The number of aliphatic imine (C=N–C) groups is 1. The number of nitrogens with one attached hydrogen (secondary N) is 2. The number of guanidine groups is 1. The van der Waals surface area contributed by atoms with Crippen LogP contribution in [0.2, 0.25) is 5.02 Å². The summed E-state index contributed by atoms with van der Waals surface area (Å²) in [6.07, 6.45) is 0.756. The molecule has 28 heavy (non-hydrogen) atoms. The summed E-state index contributed by atoms with van der Waals surface area (Å²) in [5, 5.41) is 6.89. The number of halogens is 2. The largest absolute Gasteiger partial charge is 0.355 e. The predicted octanol–water partition coefficient (Wildman–Crippen LogP) is 3.02. The zero-order valence-corrected chi connectivity index (χ0v) is 19.5. The van der Waals surface area contributed by atoms with Crippen molar-refractivity contribution in [1.82, 2.24) is 10.6 Å². The summed E-state index contributed by atoms with van der Waals surface area (Å²) in [4.78, 5) is 4.13. The molecule has 0 aliphatic carbocycles. The van der Waals surface area contributed by atoms with Crippen LogP contribution in [0, 0.1) is 0 Å². The second-order valence-electron chi connectivity index (χ2n) is 6.25. The molecule has 0 saturated carbocycles. The summed E-state index contributed by atoms with van der Waals surface area (Å²) >= 11 is 5.98. The van der Waals surface area contributed by atoms with Crippen molar-refractivity contribution in [3.63, 3.8) is 0 Å². The lowest BCUT2D eigenvalue weighted by Crippen LogP contribution is -2.41. The van der Waals surface area contributed by atoms with Crippen molar-refractivity contribution in [2.24, 2.45) is 4.99 Å². The smallest absolute Gasteiger partial charge is 0.236 e. The fraction of sp³-hybridized carbons (Fsp3) is 0.316. The van der Waals surface area contributed by atoms with Crippen LogP contribution in [0.25, 0.3) is 0 Å². The Morgan fingerprint density at radius 3 is 2.71 bits per heavy atom. The van der Waals surface area contributed by atoms with Gasteiger partial charge in [-0.1, -0.05) is 41.9 Å². The first kappa shape index (κ1) is 22.8. The molecule has 2 N–H and O–H groups in total. The average molecular weight is 535 g/mol. The van der Waals surface area contributed by atoms with Gasteiger partial charge in [0, 0.05) is 31.7 Å². The lowest BCUT2D eigenvalue weighted by molar-refractivity contribution is 0.591. The van der Waals surface area contributed by atoms with E-state index in [4.69, 9.17) is 11.6 Å². The Balaban J connectivity index is 0.00000280. The maximum absolute atomic E-state index is 12.7. The van der Waals surface area contributed by atoms with Crippen LogP contribution in [0.1, 0.15) is 11.1 Å². The predicted molar refractivity (Wildman–Crippen MR) is 126 cm³/mol. The second kappa shape index (κ2) is 10.3. The molecule has 0 aromatic heterocycles. The Morgan fingerprint density at radius 1 is 1.18 bits per heavy atom. The summed E-state index contributed by atoms with van der Waals surface area (Å²) in [6, 6.07) is 15.2. The highest BCUT2D eigenvalue weighted by Crippen LogP contribution is 2.29. The van der Waals surface area contributed by atoms with Crippen LogP contribution in [0.5, 0.6) is 0 Å². The monoisotopic (exact) mass is 534 g/mol. The van der Waals surface area contributed by atoms with Crippen LogP contribution in [-0.2, 0) is 23.0 Å². The fourth-order valence-corrected chi connectivity index (χ4v) is 4.70.